The Hall–Kier alpha value is -0.980. The Morgan fingerprint density at radius 2 is 1.95 bits per heavy atom. The summed E-state index contributed by atoms with van der Waals surface area (Å²) in [6, 6.07) is 6.35. The van der Waals surface area contributed by atoms with Crippen molar-refractivity contribution in [3.05, 3.63) is 29.8 Å². The lowest BCUT2D eigenvalue weighted by molar-refractivity contribution is 0.214. The van der Waals surface area contributed by atoms with Crippen molar-refractivity contribution in [1.29, 1.82) is 0 Å². The van der Waals surface area contributed by atoms with E-state index in [1.54, 1.807) is 24.3 Å². The Labute approximate surface area is 119 Å². The van der Waals surface area contributed by atoms with Crippen molar-refractivity contribution in [2.75, 3.05) is 0 Å². The summed E-state index contributed by atoms with van der Waals surface area (Å²) in [6.45, 7) is 2.01. The van der Waals surface area contributed by atoms with E-state index in [4.69, 9.17) is 18.0 Å². The van der Waals surface area contributed by atoms with Crippen molar-refractivity contribution >= 4 is 27.2 Å². The number of nitrogens with one attached hydrogen (secondary N) is 1. The van der Waals surface area contributed by atoms with Crippen LogP contribution in [0, 0.1) is 0 Å². The number of sulfonamides is 1. The zero-order valence-electron chi connectivity index (χ0n) is 10.8. The van der Waals surface area contributed by atoms with Crippen molar-refractivity contribution in [3.8, 4) is 0 Å². The molecule has 1 aliphatic carbocycles. The standard InChI is InChI=1S/C13H18N2O2S2/c1-2-13(8-3-9-13)15-19(16,17)11-6-4-10(5-7-11)12(14)18/h4-7,15H,2-3,8-9H2,1H3,(H2,14,18). The summed E-state index contributed by atoms with van der Waals surface area (Å²) in [5.74, 6) is 0. The number of thiocarbonyl (C=S) groups is 1. The van der Waals surface area contributed by atoms with E-state index in [0.29, 0.717) is 5.56 Å². The quantitative estimate of drug-likeness (QED) is 0.815. The minimum Gasteiger partial charge on any atom is -0.389 e. The van der Waals surface area contributed by atoms with Crippen molar-refractivity contribution in [2.24, 2.45) is 5.73 Å². The van der Waals surface area contributed by atoms with Gasteiger partial charge in [-0.3, -0.25) is 0 Å². The molecule has 6 heteroatoms. The van der Waals surface area contributed by atoms with Gasteiger partial charge in [0.1, 0.15) is 4.99 Å². The van der Waals surface area contributed by atoms with E-state index in [0.717, 1.165) is 25.7 Å². The molecule has 1 saturated carbocycles. The fourth-order valence-corrected chi connectivity index (χ4v) is 3.94. The molecule has 19 heavy (non-hydrogen) atoms. The maximum Gasteiger partial charge on any atom is 0.241 e. The van der Waals surface area contributed by atoms with Gasteiger partial charge >= 0.3 is 0 Å². The molecule has 0 aromatic heterocycles. The highest BCUT2D eigenvalue weighted by molar-refractivity contribution is 7.89. The number of hydrogen-bond acceptors (Lipinski definition) is 3. The van der Waals surface area contributed by atoms with E-state index in [1.165, 1.54) is 0 Å². The molecule has 0 amide bonds. The van der Waals surface area contributed by atoms with E-state index in [-0.39, 0.29) is 15.4 Å². The molecular weight excluding hydrogens is 280 g/mol. The van der Waals surface area contributed by atoms with E-state index < -0.39 is 10.0 Å². The first-order valence-corrected chi connectivity index (χ1v) is 8.21. The second-order valence-electron chi connectivity index (χ2n) is 4.98. The average Bonchev–Trinajstić information content (AvgIpc) is 2.34. The SMILES string of the molecule is CCC1(NS(=O)(=O)c2ccc(C(N)=S)cc2)CCC1. The summed E-state index contributed by atoms with van der Waals surface area (Å²) < 4.78 is 27.4. The Balaban J connectivity index is 2.22. The minimum atomic E-state index is -3.47. The Morgan fingerprint density at radius 3 is 2.32 bits per heavy atom. The van der Waals surface area contributed by atoms with Crippen LogP contribution in [0.25, 0.3) is 0 Å². The Bertz CT molecular complexity index is 570. The van der Waals surface area contributed by atoms with E-state index in [1.807, 2.05) is 6.92 Å². The largest absolute Gasteiger partial charge is 0.389 e. The maximum absolute atomic E-state index is 12.3. The topological polar surface area (TPSA) is 72.2 Å². The third-order valence-electron chi connectivity index (χ3n) is 3.79. The van der Waals surface area contributed by atoms with E-state index in [9.17, 15) is 8.42 Å². The summed E-state index contributed by atoms with van der Waals surface area (Å²) in [4.78, 5) is 0.521. The molecule has 0 aliphatic heterocycles. The third-order valence-corrected chi connectivity index (χ3v) is 5.62. The molecule has 0 saturated heterocycles. The molecule has 4 nitrogen and oxygen atoms in total. The van der Waals surface area contributed by atoms with Gasteiger partial charge in [0.2, 0.25) is 10.0 Å². The number of hydrogen-bond donors (Lipinski definition) is 2. The predicted molar refractivity (Wildman–Crippen MR) is 79.5 cm³/mol. The molecule has 0 atom stereocenters. The molecule has 0 bridgehead atoms. The van der Waals surface area contributed by atoms with Gasteiger partial charge in [-0.1, -0.05) is 31.3 Å². The molecule has 1 fully saturated rings. The van der Waals surface area contributed by atoms with Gasteiger partial charge in [0.15, 0.2) is 0 Å². The lowest BCUT2D eigenvalue weighted by Gasteiger charge is -2.41. The molecule has 1 aromatic rings. The molecule has 0 radical (unpaired) electrons. The smallest absolute Gasteiger partial charge is 0.241 e. The lowest BCUT2D eigenvalue weighted by atomic mass is 9.76. The number of rotatable bonds is 5. The maximum atomic E-state index is 12.3. The monoisotopic (exact) mass is 298 g/mol. The van der Waals surface area contributed by atoms with Crippen molar-refractivity contribution in [1.82, 2.24) is 4.72 Å². The summed E-state index contributed by atoms with van der Waals surface area (Å²) in [5.41, 5.74) is 5.91. The lowest BCUT2D eigenvalue weighted by Crippen LogP contribution is -2.52. The van der Waals surface area contributed by atoms with Crippen LogP contribution in [0.5, 0.6) is 0 Å². The van der Waals surface area contributed by atoms with Gasteiger partial charge in [-0.25, -0.2) is 13.1 Å². The van der Waals surface area contributed by atoms with Gasteiger partial charge in [0.25, 0.3) is 0 Å². The molecule has 1 aliphatic rings. The first-order valence-electron chi connectivity index (χ1n) is 6.32. The summed E-state index contributed by atoms with van der Waals surface area (Å²) in [6.07, 6.45) is 3.72. The van der Waals surface area contributed by atoms with E-state index >= 15 is 0 Å². The Kier molecular flexibility index (Phi) is 3.94. The van der Waals surface area contributed by atoms with Gasteiger partial charge in [0.05, 0.1) is 4.90 Å². The number of benzene rings is 1. The molecule has 2 rings (SSSR count). The van der Waals surface area contributed by atoms with Crippen LogP contribution in [0.3, 0.4) is 0 Å². The van der Waals surface area contributed by atoms with Gasteiger partial charge in [-0.05, 0) is 37.8 Å². The highest BCUT2D eigenvalue weighted by Gasteiger charge is 2.38. The van der Waals surface area contributed by atoms with Crippen LogP contribution < -0.4 is 10.5 Å². The van der Waals surface area contributed by atoms with Crippen molar-refractivity contribution < 1.29 is 8.42 Å². The summed E-state index contributed by atoms with van der Waals surface area (Å²) in [5, 5.41) is 0. The van der Waals surface area contributed by atoms with Crippen LogP contribution in [-0.4, -0.2) is 18.9 Å². The van der Waals surface area contributed by atoms with Crippen molar-refractivity contribution in [2.45, 2.75) is 43.0 Å². The summed E-state index contributed by atoms with van der Waals surface area (Å²) >= 11 is 4.85. The van der Waals surface area contributed by atoms with Gasteiger partial charge in [-0.15, -0.1) is 0 Å². The average molecular weight is 298 g/mol. The fraction of sp³-hybridized carbons (Fsp3) is 0.462. The van der Waals surface area contributed by atoms with Crippen molar-refractivity contribution in [3.63, 3.8) is 0 Å². The molecule has 1 aromatic carbocycles. The molecule has 0 spiro atoms. The molecule has 0 heterocycles. The molecular formula is C13H18N2O2S2. The zero-order valence-corrected chi connectivity index (χ0v) is 12.5. The van der Waals surface area contributed by atoms with Gasteiger partial charge in [-0.2, -0.15) is 0 Å². The van der Waals surface area contributed by atoms with Crippen LogP contribution in [0.1, 0.15) is 38.2 Å². The first kappa shape index (κ1) is 14.4. The van der Waals surface area contributed by atoms with Crippen LogP contribution >= 0.6 is 12.2 Å². The normalized spacial score (nSPS) is 17.7. The molecule has 3 N–H and O–H groups in total. The molecule has 0 unspecified atom stereocenters. The third kappa shape index (κ3) is 2.96. The second-order valence-corrected chi connectivity index (χ2v) is 7.10. The van der Waals surface area contributed by atoms with Gasteiger partial charge < -0.3 is 5.73 Å². The van der Waals surface area contributed by atoms with Gasteiger partial charge in [0, 0.05) is 11.1 Å². The summed E-state index contributed by atoms with van der Waals surface area (Å²) in [7, 11) is -3.47. The van der Waals surface area contributed by atoms with Crippen LogP contribution in [-0.2, 0) is 10.0 Å². The zero-order chi connectivity index (χ0) is 14.1. The number of nitrogens with two attached hydrogens (primary N) is 1. The highest BCUT2D eigenvalue weighted by Crippen LogP contribution is 2.36. The highest BCUT2D eigenvalue weighted by atomic mass is 32.2. The van der Waals surface area contributed by atoms with Crippen LogP contribution in [0.2, 0.25) is 0 Å². The minimum absolute atomic E-state index is 0.249. The van der Waals surface area contributed by atoms with Crippen LogP contribution in [0.4, 0.5) is 0 Å². The predicted octanol–water partition coefficient (Wildman–Crippen LogP) is 1.93. The Morgan fingerprint density at radius 1 is 1.37 bits per heavy atom. The second kappa shape index (κ2) is 5.19. The fourth-order valence-electron chi connectivity index (χ4n) is 2.27. The van der Waals surface area contributed by atoms with E-state index in [2.05, 4.69) is 4.72 Å². The molecule has 104 valence electrons. The van der Waals surface area contributed by atoms with Crippen LogP contribution in [0.15, 0.2) is 29.2 Å². The first-order chi connectivity index (χ1) is 8.88.